The summed E-state index contributed by atoms with van der Waals surface area (Å²) >= 11 is 1.16. The third kappa shape index (κ3) is 3.60. The van der Waals surface area contributed by atoms with Gasteiger partial charge >= 0.3 is 6.03 Å². The fourth-order valence-corrected chi connectivity index (χ4v) is 3.70. The van der Waals surface area contributed by atoms with Crippen LogP contribution in [0.25, 0.3) is 11.3 Å². The van der Waals surface area contributed by atoms with Crippen LogP contribution >= 0.6 is 11.5 Å². The predicted molar refractivity (Wildman–Crippen MR) is 103 cm³/mol. The van der Waals surface area contributed by atoms with Crippen LogP contribution in [0.15, 0.2) is 30.3 Å². The van der Waals surface area contributed by atoms with Crippen LogP contribution in [0.4, 0.5) is 9.80 Å². The number of anilines is 1. The van der Waals surface area contributed by atoms with E-state index in [9.17, 15) is 4.79 Å². The zero-order valence-corrected chi connectivity index (χ0v) is 16.1. The Bertz CT molecular complexity index is 902. The van der Waals surface area contributed by atoms with Gasteiger partial charge in [0.25, 0.3) is 0 Å². The lowest BCUT2D eigenvalue weighted by Gasteiger charge is -2.15. The van der Waals surface area contributed by atoms with Crippen molar-refractivity contribution in [3.63, 3.8) is 0 Å². The van der Waals surface area contributed by atoms with Crippen LogP contribution in [-0.4, -0.2) is 25.4 Å². The van der Waals surface area contributed by atoms with Gasteiger partial charge in [0, 0.05) is 34.9 Å². The summed E-state index contributed by atoms with van der Waals surface area (Å²) in [6.07, 6.45) is 0. The number of amides is 2. The fraction of sp³-hybridized carbons (Fsp3) is 0.333. The monoisotopic (exact) mass is 370 g/mol. The molecule has 1 unspecified atom stereocenters. The molecule has 1 atom stereocenters. The molecule has 2 N–H and O–H groups in total. The second-order valence-corrected chi connectivity index (χ2v) is 6.79. The van der Waals surface area contributed by atoms with Crippen LogP contribution in [0.5, 0.6) is 0 Å². The molecule has 8 heteroatoms. The first-order chi connectivity index (χ1) is 12.5. The molecule has 3 rings (SSSR count). The minimum Gasteiger partial charge on any atom is -0.331 e. The van der Waals surface area contributed by atoms with Gasteiger partial charge in [-0.05, 0) is 27.7 Å². The molecule has 0 aliphatic heterocycles. The van der Waals surface area contributed by atoms with Crippen LogP contribution in [0.1, 0.15) is 36.8 Å². The van der Waals surface area contributed by atoms with Crippen LogP contribution in [0.3, 0.4) is 0 Å². The molecule has 0 saturated heterocycles. The minimum absolute atomic E-state index is 0.156. The van der Waals surface area contributed by atoms with E-state index in [0.29, 0.717) is 10.7 Å². The Kier molecular flexibility index (Phi) is 5.32. The van der Waals surface area contributed by atoms with Crippen molar-refractivity contribution in [2.24, 2.45) is 0 Å². The maximum Gasteiger partial charge on any atom is 0.320 e. The summed E-state index contributed by atoms with van der Waals surface area (Å²) in [5.74, 6) is 0. The van der Waals surface area contributed by atoms with Crippen molar-refractivity contribution in [1.29, 1.82) is 0 Å². The number of benzene rings is 1. The lowest BCUT2D eigenvalue weighted by atomic mass is 10.1. The predicted octanol–water partition coefficient (Wildman–Crippen LogP) is 3.92. The zero-order valence-electron chi connectivity index (χ0n) is 15.3. The number of urea groups is 1. The molecule has 2 aromatic heterocycles. The van der Waals surface area contributed by atoms with Crippen molar-refractivity contribution >= 4 is 22.6 Å². The normalized spacial score (nSPS) is 12.0. The number of hydrogen-bond donors (Lipinski definition) is 2. The van der Waals surface area contributed by atoms with Gasteiger partial charge in [0.1, 0.15) is 10.7 Å². The fourth-order valence-electron chi connectivity index (χ4n) is 3.11. The summed E-state index contributed by atoms with van der Waals surface area (Å²) in [6, 6.07) is 9.23. The molecule has 0 aliphatic carbocycles. The van der Waals surface area contributed by atoms with E-state index in [1.54, 1.807) is 0 Å². The van der Waals surface area contributed by atoms with E-state index >= 15 is 0 Å². The summed E-state index contributed by atoms with van der Waals surface area (Å²) in [5.41, 5.74) is 4.64. The van der Waals surface area contributed by atoms with Crippen LogP contribution in [-0.2, 0) is 6.54 Å². The number of rotatable bonds is 5. The lowest BCUT2D eigenvalue weighted by Crippen LogP contribution is -2.31. The quantitative estimate of drug-likeness (QED) is 0.713. The molecular weight excluding hydrogens is 348 g/mol. The Morgan fingerprint density at radius 2 is 2.00 bits per heavy atom. The van der Waals surface area contributed by atoms with Gasteiger partial charge in [-0.3, -0.25) is 10.00 Å². The number of carbonyl (C=O) groups excluding carboxylic acids is 1. The highest BCUT2D eigenvalue weighted by Gasteiger charge is 2.20. The van der Waals surface area contributed by atoms with Gasteiger partial charge in [0.15, 0.2) is 0 Å². The number of aromatic nitrogens is 4. The Balaban J connectivity index is 1.73. The molecular formula is C18H22N6OS. The van der Waals surface area contributed by atoms with Crippen molar-refractivity contribution in [2.75, 3.05) is 5.32 Å². The molecule has 3 aromatic rings. The van der Waals surface area contributed by atoms with E-state index in [2.05, 4.69) is 32.2 Å². The first-order valence-electron chi connectivity index (χ1n) is 8.50. The Labute approximate surface area is 156 Å². The molecule has 0 saturated carbocycles. The summed E-state index contributed by atoms with van der Waals surface area (Å²) in [4.78, 5) is 12.5. The average Bonchev–Trinajstić information content (AvgIpc) is 3.19. The van der Waals surface area contributed by atoms with Crippen molar-refractivity contribution in [1.82, 2.24) is 24.7 Å². The second-order valence-electron chi connectivity index (χ2n) is 6.04. The third-order valence-corrected chi connectivity index (χ3v) is 4.92. The number of nitrogens with one attached hydrogen (secondary N) is 2. The highest BCUT2D eigenvalue weighted by Crippen LogP contribution is 2.28. The highest BCUT2D eigenvalue weighted by molar-refractivity contribution is 7.10. The van der Waals surface area contributed by atoms with E-state index in [-0.39, 0.29) is 12.1 Å². The van der Waals surface area contributed by atoms with Gasteiger partial charge < -0.3 is 5.32 Å². The minimum atomic E-state index is -0.288. The number of carbonyl (C=O) groups is 1. The SMILES string of the molecule is CCn1nc(C)c(C(C)NC(=O)Nc2snnc2-c2ccccc2)c1C. The molecule has 0 spiro atoms. The zero-order chi connectivity index (χ0) is 18.7. The molecule has 26 heavy (non-hydrogen) atoms. The number of hydrogen-bond acceptors (Lipinski definition) is 5. The van der Waals surface area contributed by atoms with Crippen molar-refractivity contribution in [3.8, 4) is 11.3 Å². The van der Waals surface area contributed by atoms with Crippen LogP contribution in [0.2, 0.25) is 0 Å². The lowest BCUT2D eigenvalue weighted by molar-refractivity contribution is 0.249. The van der Waals surface area contributed by atoms with E-state index < -0.39 is 0 Å². The Morgan fingerprint density at radius 1 is 1.27 bits per heavy atom. The number of nitrogens with zero attached hydrogens (tertiary/aromatic N) is 4. The van der Waals surface area contributed by atoms with Gasteiger partial charge in [-0.15, -0.1) is 5.10 Å². The van der Waals surface area contributed by atoms with E-state index in [0.717, 1.165) is 40.6 Å². The van der Waals surface area contributed by atoms with Gasteiger partial charge in [-0.25, -0.2) is 4.79 Å². The Hall–Kier alpha value is -2.74. The Morgan fingerprint density at radius 3 is 2.65 bits per heavy atom. The first-order valence-corrected chi connectivity index (χ1v) is 9.27. The van der Waals surface area contributed by atoms with Crippen molar-refractivity contribution in [2.45, 2.75) is 40.3 Å². The largest absolute Gasteiger partial charge is 0.331 e. The molecule has 1 aromatic carbocycles. The molecule has 136 valence electrons. The van der Waals surface area contributed by atoms with Gasteiger partial charge in [-0.2, -0.15) is 5.10 Å². The smallest absolute Gasteiger partial charge is 0.320 e. The van der Waals surface area contributed by atoms with Gasteiger partial charge in [0.05, 0.1) is 11.7 Å². The standard InChI is InChI=1S/C18H22N6OS/c1-5-24-13(4)15(12(3)22-24)11(2)19-18(25)20-17-16(21-23-26-17)14-9-7-6-8-10-14/h6-11H,5H2,1-4H3,(H2,19,20,25). The van der Waals surface area contributed by atoms with Crippen LogP contribution < -0.4 is 10.6 Å². The summed E-state index contributed by atoms with van der Waals surface area (Å²) < 4.78 is 5.91. The molecule has 7 nitrogen and oxygen atoms in total. The molecule has 0 radical (unpaired) electrons. The average molecular weight is 370 g/mol. The van der Waals surface area contributed by atoms with E-state index in [4.69, 9.17) is 0 Å². The van der Waals surface area contributed by atoms with Crippen LogP contribution in [0, 0.1) is 13.8 Å². The van der Waals surface area contributed by atoms with Crippen molar-refractivity contribution in [3.05, 3.63) is 47.3 Å². The molecule has 0 bridgehead atoms. The second kappa shape index (κ2) is 7.65. The van der Waals surface area contributed by atoms with Gasteiger partial charge in [0.2, 0.25) is 0 Å². The van der Waals surface area contributed by atoms with E-state index in [1.165, 1.54) is 0 Å². The molecule has 0 fully saturated rings. The van der Waals surface area contributed by atoms with Crippen molar-refractivity contribution < 1.29 is 4.79 Å². The third-order valence-electron chi connectivity index (χ3n) is 4.28. The highest BCUT2D eigenvalue weighted by atomic mass is 32.1. The van der Waals surface area contributed by atoms with Gasteiger partial charge in [-0.1, -0.05) is 34.8 Å². The summed E-state index contributed by atoms with van der Waals surface area (Å²) in [5, 5.41) is 15.1. The molecule has 2 heterocycles. The summed E-state index contributed by atoms with van der Waals surface area (Å²) in [7, 11) is 0. The maximum absolute atomic E-state index is 12.5. The van der Waals surface area contributed by atoms with E-state index in [1.807, 2.05) is 55.8 Å². The first kappa shape index (κ1) is 18.1. The number of aryl methyl sites for hydroxylation is 2. The topological polar surface area (TPSA) is 84.7 Å². The summed E-state index contributed by atoms with van der Waals surface area (Å²) in [6.45, 7) is 8.80. The molecule has 2 amide bonds. The maximum atomic E-state index is 12.5. The molecule has 0 aliphatic rings.